The van der Waals surface area contributed by atoms with Crippen LogP contribution in [0.25, 0.3) is 0 Å². The van der Waals surface area contributed by atoms with Gasteiger partial charge in [-0.1, -0.05) is 6.07 Å². The number of aromatic nitrogens is 2. The lowest BCUT2D eigenvalue weighted by Crippen LogP contribution is -2.44. The minimum atomic E-state index is 0.0345. The maximum absolute atomic E-state index is 12.9. The number of piperidine rings is 1. The first-order valence-electron chi connectivity index (χ1n) is 9.84. The Morgan fingerprint density at radius 1 is 1.30 bits per heavy atom. The van der Waals surface area contributed by atoms with Crippen molar-refractivity contribution in [3.8, 4) is 0 Å². The Morgan fingerprint density at radius 2 is 2.11 bits per heavy atom. The number of carbonyl (C=O) groups is 2. The average Bonchev–Trinajstić information content (AvgIpc) is 3.25. The zero-order valence-corrected chi connectivity index (χ0v) is 17.3. The highest BCUT2D eigenvalue weighted by atomic mass is 32.1. The SMILES string of the molecule is CC(=O)c1c(C)nn(CCC(=O)N2CCCCC2CCc2cccs2)c1C. The molecule has 1 aliphatic heterocycles. The number of thiophene rings is 1. The third kappa shape index (κ3) is 4.67. The number of likely N-dealkylation sites (tertiary alicyclic amines) is 1. The Kier molecular flexibility index (Phi) is 6.47. The van der Waals surface area contributed by atoms with Crippen molar-refractivity contribution < 1.29 is 9.59 Å². The Morgan fingerprint density at radius 3 is 2.78 bits per heavy atom. The van der Waals surface area contributed by atoms with E-state index in [4.69, 9.17) is 0 Å². The summed E-state index contributed by atoms with van der Waals surface area (Å²) in [5, 5.41) is 6.58. The zero-order valence-electron chi connectivity index (χ0n) is 16.5. The van der Waals surface area contributed by atoms with E-state index >= 15 is 0 Å². The van der Waals surface area contributed by atoms with Crippen molar-refractivity contribution in [1.29, 1.82) is 0 Å². The summed E-state index contributed by atoms with van der Waals surface area (Å²) < 4.78 is 1.81. The molecular weight excluding hydrogens is 358 g/mol. The van der Waals surface area contributed by atoms with Crippen molar-refractivity contribution in [1.82, 2.24) is 14.7 Å². The molecular formula is C21H29N3O2S. The van der Waals surface area contributed by atoms with Crippen molar-refractivity contribution in [3.05, 3.63) is 39.3 Å². The summed E-state index contributed by atoms with van der Waals surface area (Å²) in [7, 11) is 0. The Balaban J connectivity index is 1.60. The molecule has 0 spiro atoms. The van der Waals surface area contributed by atoms with Crippen LogP contribution in [0.15, 0.2) is 17.5 Å². The quantitative estimate of drug-likeness (QED) is 0.670. The van der Waals surface area contributed by atoms with Crippen LogP contribution in [0.3, 0.4) is 0 Å². The van der Waals surface area contributed by atoms with Crippen LogP contribution in [0.4, 0.5) is 0 Å². The molecule has 0 bridgehead atoms. The van der Waals surface area contributed by atoms with Crippen molar-refractivity contribution in [2.45, 2.75) is 71.9 Å². The predicted molar refractivity (Wildman–Crippen MR) is 108 cm³/mol. The second-order valence-corrected chi connectivity index (χ2v) is 8.46. The Labute approximate surface area is 165 Å². The second kappa shape index (κ2) is 8.83. The largest absolute Gasteiger partial charge is 0.340 e. The molecule has 3 heterocycles. The van der Waals surface area contributed by atoms with Crippen molar-refractivity contribution in [2.75, 3.05) is 6.54 Å². The lowest BCUT2D eigenvalue weighted by atomic mass is 9.97. The number of ketones is 1. The molecule has 0 aliphatic carbocycles. The van der Waals surface area contributed by atoms with Gasteiger partial charge in [0, 0.05) is 36.1 Å². The minimum absolute atomic E-state index is 0.0345. The zero-order chi connectivity index (χ0) is 19.4. The summed E-state index contributed by atoms with van der Waals surface area (Å²) in [4.78, 5) is 28.2. The average molecular weight is 388 g/mol. The van der Waals surface area contributed by atoms with Gasteiger partial charge in [-0.15, -0.1) is 11.3 Å². The molecule has 1 saturated heterocycles. The smallest absolute Gasteiger partial charge is 0.224 e. The molecule has 3 rings (SSSR count). The van der Waals surface area contributed by atoms with Gasteiger partial charge in [0.1, 0.15) is 0 Å². The molecule has 0 aromatic carbocycles. The van der Waals surface area contributed by atoms with Crippen molar-refractivity contribution in [2.24, 2.45) is 0 Å². The third-order valence-electron chi connectivity index (χ3n) is 5.52. The van der Waals surface area contributed by atoms with Crippen LogP contribution in [-0.2, 0) is 17.8 Å². The van der Waals surface area contributed by atoms with Gasteiger partial charge in [-0.25, -0.2) is 0 Å². The van der Waals surface area contributed by atoms with Gasteiger partial charge in [0.2, 0.25) is 5.91 Å². The number of nitrogens with zero attached hydrogens (tertiary/aromatic N) is 3. The van der Waals surface area contributed by atoms with Crippen LogP contribution in [0.5, 0.6) is 0 Å². The van der Waals surface area contributed by atoms with Crippen LogP contribution in [0, 0.1) is 13.8 Å². The molecule has 146 valence electrons. The second-order valence-electron chi connectivity index (χ2n) is 7.43. The summed E-state index contributed by atoms with van der Waals surface area (Å²) >= 11 is 1.79. The third-order valence-corrected chi connectivity index (χ3v) is 6.46. The number of aryl methyl sites for hydroxylation is 3. The van der Waals surface area contributed by atoms with Gasteiger partial charge in [-0.3, -0.25) is 14.3 Å². The lowest BCUT2D eigenvalue weighted by molar-refractivity contribution is -0.135. The monoisotopic (exact) mass is 387 g/mol. The molecule has 1 atom stereocenters. The van der Waals surface area contributed by atoms with Crippen molar-refractivity contribution in [3.63, 3.8) is 0 Å². The van der Waals surface area contributed by atoms with Crippen molar-refractivity contribution >= 4 is 23.0 Å². The number of amides is 1. The molecule has 1 unspecified atom stereocenters. The molecule has 5 nitrogen and oxygen atoms in total. The molecule has 27 heavy (non-hydrogen) atoms. The highest BCUT2D eigenvalue weighted by Crippen LogP contribution is 2.24. The number of carbonyl (C=O) groups excluding carboxylic acids is 2. The molecule has 6 heteroatoms. The van der Waals surface area contributed by atoms with E-state index in [1.807, 2.05) is 18.5 Å². The van der Waals surface area contributed by atoms with Gasteiger partial charge in [0.05, 0.1) is 11.3 Å². The number of Topliss-reactive ketones (excluding diaryl/α,β-unsaturated/α-hetero) is 1. The summed E-state index contributed by atoms with van der Waals surface area (Å²) in [6.45, 7) is 6.73. The van der Waals surface area contributed by atoms with E-state index in [1.165, 1.54) is 11.3 Å². The van der Waals surface area contributed by atoms with Crippen LogP contribution in [-0.4, -0.2) is 39.0 Å². The number of rotatable bonds is 7. The van der Waals surface area contributed by atoms with E-state index in [9.17, 15) is 9.59 Å². The fourth-order valence-electron chi connectivity index (χ4n) is 4.16. The van der Waals surface area contributed by atoms with E-state index < -0.39 is 0 Å². The predicted octanol–water partition coefficient (Wildman–Crippen LogP) is 4.17. The molecule has 0 N–H and O–H groups in total. The van der Waals surface area contributed by atoms with E-state index in [-0.39, 0.29) is 11.7 Å². The number of hydrogen-bond acceptors (Lipinski definition) is 4. The molecule has 0 saturated carbocycles. The summed E-state index contributed by atoms with van der Waals surface area (Å²) in [5.41, 5.74) is 2.30. The maximum atomic E-state index is 12.9. The topological polar surface area (TPSA) is 55.2 Å². The molecule has 0 radical (unpaired) electrons. The highest BCUT2D eigenvalue weighted by molar-refractivity contribution is 7.09. The van der Waals surface area contributed by atoms with Gasteiger partial charge in [0.25, 0.3) is 0 Å². The molecule has 2 aromatic rings. The first-order chi connectivity index (χ1) is 13.0. The van der Waals surface area contributed by atoms with Crippen LogP contribution < -0.4 is 0 Å². The van der Waals surface area contributed by atoms with Crippen LogP contribution >= 0.6 is 11.3 Å². The van der Waals surface area contributed by atoms with Gasteiger partial charge in [0.15, 0.2) is 5.78 Å². The van der Waals surface area contributed by atoms with Crippen LogP contribution in [0.1, 0.15) is 65.7 Å². The molecule has 1 amide bonds. The Bertz CT molecular complexity index is 795. The van der Waals surface area contributed by atoms with Gasteiger partial charge in [-0.05, 0) is 64.3 Å². The minimum Gasteiger partial charge on any atom is -0.340 e. The highest BCUT2D eigenvalue weighted by Gasteiger charge is 2.26. The van der Waals surface area contributed by atoms with E-state index in [0.29, 0.717) is 24.6 Å². The first-order valence-corrected chi connectivity index (χ1v) is 10.7. The Hall–Kier alpha value is -1.95. The molecule has 1 fully saturated rings. The van der Waals surface area contributed by atoms with Gasteiger partial charge < -0.3 is 4.90 Å². The molecule has 1 aliphatic rings. The summed E-state index contributed by atoms with van der Waals surface area (Å²) in [6.07, 6.45) is 5.93. The van der Waals surface area contributed by atoms with Gasteiger partial charge >= 0.3 is 0 Å². The standard InChI is InChI=1S/C21H29N3O2S/c1-15-21(17(3)25)16(2)24(22-15)13-11-20(26)23-12-5-4-7-18(23)9-10-19-8-6-14-27-19/h6,8,14,18H,4-5,7,9-13H2,1-3H3. The molecule has 2 aromatic heterocycles. The first kappa shape index (κ1) is 19.8. The number of hydrogen-bond donors (Lipinski definition) is 0. The van der Waals surface area contributed by atoms with E-state index in [0.717, 1.165) is 43.6 Å². The summed E-state index contributed by atoms with van der Waals surface area (Å²) in [6, 6.07) is 4.62. The van der Waals surface area contributed by atoms with Crippen LogP contribution in [0.2, 0.25) is 0 Å². The summed E-state index contributed by atoms with van der Waals surface area (Å²) in [5.74, 6) is 0.245. The van der Waals surface area contributed by atoms with Gasteiger partial charge in [-0.2, -0.15) is 5.10 Å². The lowest BCUT2D eigenvalue weighted by Gasteiger charge is -2.36. The normalized spacial score (nSPS) is 17.3. The maximum Gasteiger partial charge on any atom is 0.224 e. The van der Waals surface area contributed by atoms with E-state index in [2.05, 4.69) is 27.5 Å². The fourth-order valence-corrected chi connectivity index (χ4v) is 4.89. The fraction of sp³-hybridized carbons (Fsp3) is 0.571. The van der Waals surface area contributed by atoms with E-state index in [1.54, 1.807) is 18.3 Å².